The van der Waals surface area contributed by atoms with E-state index in [-0.39, 0.29) is 5.92 Å². The Hall–Kier alpha value is -0.420. The van der Waals surface area contributed by atoms with Crippen LogP contribution in [-0.4, -0.2) is 39.5 Å². The zero-order valence-corrected chi connectivity index (χ0v) is 10.4. The molecule has 4 nitrogen and oxygen atoms in total. The van der Waals surface area contributed by atoms with Crippen molar-refractivity contribution in [3.8, 4) is 0 Å². The summed E-state index contributed by atoms with van der Waals surface area (Å²) in [5, 5.41) is 8.13. The summed E-state index contributed by atoms with van der Waals surface area (Å²) >= 11 is 0. The van der Waals surface area contributed by atoms with Gasteiger partial charge in [-0.15, -0.1) is 0 Å². The van der Waals surface area contributed by atoms with Crippen molar-refractivity contribution in [3.63, 3.8) is 0 Å². The predicted octanol–water partition coefficient (Wildman–Crippen LogP) is 1.27. The molecule has 0 amide bonds. The van der Waals surface area contributed by atoms with Crippen LogP contribution in [0.4, 0.5) is 0 Å². The van der Waals surface area contributed by atoms with E-state index < -0.39 is 22.0 Å². The lowest BCUT2D eigenvalue weighted by Gasteiger charge is -2.15. The Morgan fingerprint density at radius 3 is 2.47 bits per heavy atom. The van der Waals surface area contributed by atoms with Gasteiger partial charge in [-0.1, -0.05) is 13.8 Å². The fourth-order valence-corrected chi connectivity index (χ4v) is 2.76. The topological polar surface area (TPSA) is 63.6 Å². The molecule has 15 heavy (non-hydrogen) atoms. The molecular weight excluding hydrogens is 216 g/mol. The molecule has 5 heteroatoms. The molecule has 2 unspecified atom stereocenters. The third-order valence-electron chi connectivity index (χ3n) is 1.97. The van der Waals surface area contributed by atoms with Gasteiger partial charge in [-0.2, -0.15) is 0 Å². The maximum atomic E-state index is 11.7. The second-order valence-corrected chi connectivity index (χ2v) is 5.32. The van der Waals surface area contributed by atoms with Crippen molar-refractivity contribution in [2.24, 2.45) is 5.92 Å². The van der Waals surface area contributed by atoms with Gasteiger partial charge in [0.1, 0.15) is 5.25 Å². The van der Waals surface area contributed by atoms with Crippen LogP contribution < -0.4 is 0 Å². The fourth-order valence-electron chi connectivity index (χ4n) is 1.28. The van der Waals surface area contributed by atoms with Gasteiger partial charge in [0.15, 0.2) is 0 Å². The fraction of sp³-hybridized carbons (Fsp3) is 0.900. The molecule has 0 saturated heterocycles. The van der Waals surface area contributed by atoms with Crippen LogP contribution in [-0.2, 0) is 20.3 Å². The summed E-state index contributed by atoms with van der Waals surface area (Å²) in [6.07, 6.45) is 0.650. The molecule has 90 valence electrons. The first kappa shape index (κ1) is 14.6. The molecule has 0 aromatic heterocycles. The van der Waals surface area contributed by atoms with Crippen LogP contribution in [0.3, 0.4) is 0 Å². The Morgan fingerprint density at radius 2 is 2.07 bits per heavy atom. The first-order chi connectivity index (χ1) is 7.00. The molecule has 0 spiro atoms. The lowest BCUT2D eigenvalue weighted by atomic mass is 10.1. The van der Waals surface area contributed by atoms with Crippen molar-refractivity contribution >= 4 is 16.8 Å². The standard InChI is InChI=1S/C10H20O4S/c1-4-14-6-5-7-15(13)9(8(2)3)10(11)12/h8-9H,4-7H2,1-3H3,(H,11,12). The van der Waals surface area contributed by atoms with Crippen LogP contribution in [0.15, 0.2) is 0 Å². The number of rotatable bonds is 8. The third kappa shape index (κ3) is 5.89. The Bertz CT molecular complexity index is 215. The molecule has 0 saturated carbocycles. The van der Waals surface area contributed by atoms with E-state index >= 15 is 0 Å². The van der Waals surface area contributed by atoms with Gasteiger partial charge < -0.3 is 9.84 Å². The zero-order chi connectivity index (χ0) is 11.8. The number of hydrogen-bond donors (Lipinski definition) is 1. The Labute approximate surface area is 93.5 Å². The Morgan fingerprint density at radius 1 is 1.47 bits per heavy atom. The van der Waals surface area contributed by atoms with Crippen molar-refractivity contribution in [3.05, 3.63) is 0 Å². The third-order valence-corrected chi connectivity index (χ3v) is 3.97. The molecule has 2 atom stereocenters. The zero-order valence-electron chi connectivity index (χ0n) is 9.56. The molecule has 0 heterocycles. The first-order valence-corrected chi connectivity index (χ1v) is 6.56. The summed E-state index contributed by atoms with van der Waals surface area (Å²) in [7, 11) is -1.30. The molecule has 0 aromatic carbocycles. The van der Waals surface area contributed by atoms with Crippen molar-refractivity contribution in [2.45, 2.75) is 32.4 Å². The summed E-state index contributed by atoms with van der Waals surface area (Å²) in [6.45, 7) is 6.63. The van der Waals surface area contributed by atoms with Crippen LogP contribution in [0, 0.1) is 5.92 Å². The molecule has 0 aliphatic rings. The number of aliphatic carboxylic acids is 1. The van der Waals surface area contributed by atoms with Gasteiger partial charge in [-0.05, 0) is 19.3 Å². The molecule has 1 N–H and O–H groups in total. The smallest absolute Gasteiger partial charge is 0.319 e. The van der Waals surface area contributed by atoms with E-state index in [0.717, 1.165) is 0 Å². The van der Waals surface area contributed by atoms with Gasteiger partial charge in [0.2, 0.25) is 0 Å². The van der Waals surface area contributed by atoms with E-state index in [0.29, 0.717) is 25.4 Å². The highest BCUT2D eigenvalue weighted by Crippen LogP contribution is 2.10. The van der Waals surface area contributed by atoms with Crippen molar-refractivity contribution < 1.29 is 18.8 Å². The van der Waals surface area contributed by atoms with Crippen LogP contribution in [0.1, 0.15) is 27.2 Å². The number of ether oxygens (including phenoxy) is 1. The van der Waals surface area contributed by atoms with E-state index in [1.807, 2.05) is 6.92 Å². The van der Waals surface area contributed by atoms with Gasteiger partial charge in [0.25, 0.3) is 0 Å². The summed E-state index contributed by atoms with van der Waals surface area (Å²) in [6, 6.07) is 0. The van der Waals surface area contributed by atoms with Crippen LogP contribution in [0.5, 0.6) is 0 Å². The lowest BCUT2D eigenvalue weighted by Crippen LogP contribution is -2.32. The highest BCUT2D eigenvalue weighted by atomic mass is 32.2. The average molecular weight is 236 g/mol. The van der Waals surface area contributed by atoms with Crippen molar-refractivity contribution in [2.75, 3.05) is 19.0 Å². The number of carboxylic acids is 1. The van der Waals surface area contributed by atoms with Gasteiger partial charge in [0.05, 0.1) is 0 Å². The molecule has 0 rings (SSSR count). The van der Waals surface area contributed by atoms with Crippen LogP contribution in [0.2, 0.25) is 0 Å². The molecule has 0 aliphatic heterocycles. The summed E-state index contributed by atoms with van der Waals surface area (Å²) in [4.78, 5) is 10.8. The normalized spacial score (nSPS) is 15.2. The molecule has 0 fully saturated rings. The van der Waals surface area contributed by atoms with Crippen molar-refractivity contribution in [1.82, 2.24) is 0 Å². The van der Waals surface area contributed by atoms with Gasteiger partial charge in [-0.3, -0.25) is 9.00 Å². The van der Waals surface area contributed by atoms with Gasteiger partial charge in [-0.25, -0.2) is 0 Å². The molecule has 0 aromatic rings. The minimum atomic E-state index is -1.30. The molecule has 0 radical (unpaired) electrons. The second-order valence-electron chi connectivity index (χ2n) is 3.64. The van der Waals surface area contributed by atoms with Gasteiger partial charge >= 0.3 is 5.97 Å². The maximum Gasteiger partial charge on any atom is 0.319 e. The quantitative estimate of drug-likeness (QED) is 0.645. The maximum absolute atomic E-state index is 11.7. The molecule has 0 bridgehead atoms. The van der Waals surface area contributed by atoms with Crippen molar-refractivity contribution in [1.29, 1.82) is 0 Å². The predicted molar refractivity (Wildman–Crippen MR) is 60.4 cm³/mol. The lowest BCUT2D eigenvalue weighted by molar-refractivity contribution is -0.137. The second kappa shape index (κ2) is 7.82. The summed E-state index contributed by atoms with van der Waals surface area (Å²) in [5.74, 6) is -0.676. The van der Waals surface area contributed by atoms with E-state index in [1.165, 1.54) is 0 Å². The van der Waals surface area contributed by atoms with E-state index in [4.69, 9.17) is 9.84 Å². The van der Waals surface area contributed by atoms with Crippen LogP contribution >= 0.6 is 0 Å². The summed E-state index contributed by atoms with van der Waals surface area (Å²) in [5.41, 5.74) is 0. The number of carbonyl (C=O) groups is 1. The minimum Gasteiger partial charge on any atom is -0.480 e. The largest absolute Gasteiger partial charge is 0.480 e. The monoisotopic (exact) mass is 236 g/mol. The highest BCUT2D eigenvalue weighted by molar-refractivity contribution is 7.86. The Balaban J connectivity index is 3.99. The molecule has 0 aliphatic carbocycles. The number of carboxylic acid groups (broad SMARTS) is 1. The van der Waals surface area contributed by atoms with Gasteiger partial charge in [0, 0.05) is 29.8 Å². The highest BCUT2D eigenvalue weighted by Gasteiger charge is 2.27. The van der Waals surface area contributed by atoms with E-state index in [1.54, 1.807) is 13.8 Å². The summed E-state index contributed by atoms with van der Waals surface area (Å²) < 4.78 is 16.8. The average Bonchev–Trinajstić information content (AvgIpc) is 2.11. The van der Waals surface area contributed by atoms with Crippen LogP contribution in [0.25, 0.3) is 0 Å². The van der Waals surface area contributed by atoms with E-state index in [9.17, 15) is 9.00 Å². The minimum absolute atomic E-state index is 0.101. The number of hydrogen-bond acceptors (Lipinski definition) is 3. The molecular formula is C10H20O4S. The first-order valence-electron chi connectivity index (χ1n) is 5.18. The SMILES string of the molecule is CCOCCCS(=O)C(C(=O)O)C(C)C. The van der Waals surface area contributed by atoms with E-state index in [2.05, 4.69) is 0 Å². The Kier molecular flexibility index (Phi) is 7.60.